The van der Waals surface area contributed by atoms with E-state index in [-0.39, 0.29) is 5.50 Å². The molecule has 0 saturated carbocycles. The third-order valence-corrected chi connectivity index (χ3v) is 2.28. The van der Waals surface area contributed by atoms with Crippen LogP contribution in [0.3, 0.4) is 0 Å². The smallest absolute Gasteiger partial charge is 0.242 e. The molecule has 1 rings (SSSR count). The molecular formula is C3H5N2O2S2. The summed E-state index contributed by atoms with van der Waals surface area (Å²) >= 11 is 1.15. The summed E-state index contributed by atoms with van der Waals surface area (Å²) in [5.41, 5.74) is 1.48. The van der Waals surface area contributed by atoms with Gasteiger partial charge in [-0.1, -0.05) is 0 Å². The summed E-state index contributed by atoms with van der Waals surface area (Å²) in [5.74, 6) is 0. The predicted octanol–water partition coefficient (Wildman–Crippen LogP) is -0.242. The molecule has 1 N–H and O–H groups in total. The zero-order valence-electron chi connectivity index (χ0n) is 4.66. The van der Waals surface area contributed by atoms with Gasteiger partial charge in [-0.05, 0) is 11.9 Å². The SMILES string of the molecule is CS(=O)(=O)[C]1N=CSN1. The topological polar surface area (TPSA) is 58.5 Å². The van der Waals surface area contributed by atoms with Gasteiger partial charge in [-0.2, -0.15) is 0 Å². The van der Waals surface area contributed by atoms with E-state index in [0.717, 1.165) is 18.2 Å². The Hall–Kier alpha value is -0.0700. The van der Waals surface area contributed by atoms with Crippen LogP contribution in [0.2, 0.25) is 0 Å². The second kappa shape index (κ2) is 2.28. The molecule has 0 aromatic heterocycles. The lowest BCUT2D eigenvalue weighted by atomic mass is 11.2. The Bertz CT molecular complexity index is 220. The average Bonchev–Trinajstić information content (AvgIpc) is 2.08. The van der Waals surface area contributed by atoms with E-state index >= 15 is 0 Å². The van der Waals surface area contributed by atoms with Crippen molar-refractivity contribution in [1.82, 2.24) is 4.72 Å². The molecule has 0 saturated heterocycles. The monoisotopic (exact) mass is 165 g/mol. The van der Waals surface area contributed by atoms with Crippen LogP contribution in [0.15, 0.2) is 4.99 Å². The molecule has 0 fully saturated rings. The van der Waals surface area contributed by atoms with Crippen molar-refractivity contribution in [3.8, 4) is 0 Å². The number of sulfone groups is 1. The molecule has 0 unspecified atom stereocenters. The Morgan fingerprint density at radius 3 is 2.67 bits per heavy atom. The number of hydrogen-bond acceptors (Lipinski definition) is 5. The first-order valence-electron chi connectivity index (χ1n) is 2.12. The first-order chi connectivity index (χ1) is 4.11. The van der Waals surface area contributed by atoms with Crippen molar-refractivity contribution in [1.29, 1.82) is 0 Å². The normalized spacial score (nSPS) is 21.0. The van der Waals surface area contributed by atoms with Gasteiger partial charge >= 0.3 is 0 Å². The fourth-order valence-electron chi connectivity index (χ4n) is 0.349. The zero-order valence-corrected chi connectivity index (χ0v) is 6.29. The van der Waals surface area contributed by atoms with Crippen LogP contribution in [0, 0.1) is 5.50 Å². The van der Waals surface area contributed by atoms with Crippen LogP contribution in [-0.4, -0.2) is 20.2 Å². The number of aliphatic imine (C=N–C) groups is 1. The van der Waals surface area contributed by atoms with Gasteiger partial charge in [0.2, 0.25) is 0 Å². The number of hydrogen-bond donors (Lipinski definition) is 1. The quantitative estimate of drug-likeness (QED) is 0.545. The number of nitrogens with zero attached hydrogens (tertiary/aromatic N) is 1. The fraction of sp³-hybridized carbons (Fsp3) is 0.333. The molecule has 0 amide bonds. The van der Waals surface area contributed by atoms with Crippen molar-refractivity contribution < 1.29 is 8.42 Å². The lowest BCUT2D eigenvalue weighted by Crippen LogP contribution is -2.16. The molecule has 0 spiro atoms. The maximum absolute atomic E-state index is 10.6. The van der Waals surface area contributed by atoms with Crippen LogP contribution in [0.1, 0.15) is 0 Å². The predicted molar refractivity (Wildman–Crippen MR) is 37.3 cm³/mol. The second-order valence-electron chi connectivity index (χ2n) is 1.53. The van der Waals surface area contributed by atoms with Crippen molar-refractivity contribution >= 4 is 27.3 Å². The average molecular weight is 165 g/mol. The summed E-state index contributed by atoms with van der Waals surface area (Å²) in [6.45, 7) is 0. The minimum atomic E-state index is -3.12. The Kier molecular flexibility index (Phi) is 1.78. The van der Waals surface area contributed by atoms with Gasteiger partial charge < -0.3 is 0 Å². The molecule has 51 valence electrons. The van der Waals surface area contributed by atoms with Crippen LogP contribution in [-0.2, 0) is 9.84 Å². The standard InChI is InChI=1S/C3H5N2O2S2/c1-9(6,7)3-4-2-8-5-3/h2,5H,1H3. The van der Waals surface area contributed by atoms with Crippen molar-refractivity contribution in [2.24, 2.45) is 4.99 Å². The summed E-state index contributed by atoms with van der Waals surface area (Å²) in [7, 11) is -3.12. The molecule has 1 aliphatic rings. The molecule has 1 radical (unpaired) electrons. The molecule has 9 heavy (non-hydrogen) atoms. The molecule has 0 aromatic rings. The lowest BCUT2D eigenvalue weighted by molar-refractivity contribution is 0.599. The minimum absolute atomic E-state index is 0.0347. The van der Waals surface area contributed by atoms with E-state index in [4.69, 9.17) is 0 Å². The second-order valence-corrected chi connectivity index (χ2v) is 4.11. The first-order valence-corrected chi connectivity index (χ1v) is 4.89. The van der Waals surface area contributed by atoms with Crippen molar-refractivity contribution in [2.75, 3.05) is 6.26 Å². The summed E-state index contributed by atoms with van der Waals surface area (Å²) in [4.78, 5) is 3.56. The number of rotatable bonds is 1. The summed E-state index contributed by atoms with van der Waals surface area (Å²) in [5, 5.41) is 0. The highest BCUT2D eigenvalue weighted by Gasteiger charge is 2.23. The molecule has 0 bridgehead atoms. The largest absolute Gasteiger partial charge is 0.277 e. The minimum Gasteiger partial charge on any atom is -0.242 e. The molecule has 0 aliphatic carbocycles. The van der Waals surface area contributed by atoms with E-state index in [0.29, 0.717) is 0 Å². The van der Waals surface area contributed by atoms with Gasteiger partial charge in [0.1, 0.15) is 0 Å². The third-order valence-electron chi connectivity index (χ3n) is 0.720. The van der Waals surface area contributed by atoms with Gasteiger partial charge in [-0.3, -0.25) is 0 Å². The highest BCUT2D eigenvalue weighted by atomic mass is 32.2. The van der Waals surface area contributed by atoms with Crippen molar-refractivity contribution in [3.63, 3.8) is 0 Å². The van der Waals surface area contributed by atoms with Crippen LogP contribution in [0.5, 0.6) is 0 Å². The maximum atomic E-state index is 10.6. The lowest BCUT2D eigenvalue weighted by Gasteiger charge is -1.98. The summed E-state index contributed by atoms with van der Waals surface area (Å²) in [6, 6.07) is 0. The van der Waals surface area contributed by atoms with Crippen LogP contribution < -0.4 is 4.72 Å². The van der Waals surface area contributed by atoms with E-state index in [1.54, 1.807) is 0 Å². The first kappa shape index (κ1) is 7.04. The van der Waals surface area contributed by atoms with Gasteiger partial charge in [0.25, 0.3) is 5.50 Å². The van der Waals surface area contributed by atoms with Crippen LogP contribution in [0.4, 0.5) is 0 Å². The summed E-state index contributed by atoms with van der Waals surface area (Å²) in [6.07, 6.45) is 1.11. The molecule has 6 heteroatoms. The Balaban J connectivity index is 2.76. The molecule has 1 aliphatic heterocycles. The van der Waals surface area contributed by atoms with E-state index < -0.39 is 9.84 Å². The van der Waals surface area contributed by atoms with Crippen molar-refractivity contribution in [2.45, 2.75) is 0 Å². The van der Waals surface area contributed by atoms with E-state index in [1.165, 1.54) is 5.55 Å². The molecular weight excluding hydrogens is 160 g/mol. The van der Waals surface area contributed by atoms with Crippen molar-refractivity contribution in [3.05, 3.63) is 5.50 Å². The maximum Gasteiger partial charge on any atom is 0.277 e. The highest BCUT2D eigenvalue weighted by Crippen LogP contribution is 2.15. The molecule has 4 nitrogen and oxygen atoms in total. The molecule has 1 heterocycles. The summed E-state index contributed by atoms with van der Waals surface area (Å²) < 4.78 is 23.7. The Morgan fingerprint density at radius 2 is 2.44 bits per heavy atom. The van der Waals surface area contributed by atoms with E-state index in [1.807, 2.05) is 0 Å². The van der Waals surface area contributed by atoms with Gasteiger partial charge in [-0.25, -0.2) is 18.1 Å². The Labute approximate surface area is 57.8 Å². The number of nitrogens with one attached hydrogen (secondary N) is 1. The van der Waals surface area contributed by atoms with Crippen LogP contribution in [0.25, 0.3) is 0 Å². The zero-order chi connectivity index (χ0) is 6.91. The third kappa shape index (κ3) is 1.67. The van der Waals surface area contributed by atoms with Gasteiger partial charge in [0.05, 0.1) is 5.55 Å². The highest BCUT2D eigenvalue weighted by molar-refractivity contribution is 8.11. The van der Waals surface area contributed by atoms with Gasteiger partial charge in [0.15, 0.2) is 9.84 Å². The molecule has 0 atom stereocenters. The van der Waals surface area contributed by atoms with Crippen LogP contribution >= 0.6 is 11.9 Å². The molecule has 0 aromatic carbocycles. The van der Waals surface area contributed by atoms with E-state index in [2.05, 4.69) is 9.71 Å². The van der Waals surface area contributed by atoms with E-state index in [9.17, 15) is 8.42 Å². The van der Waals surface area contributed by atoms with Gasteiger partial charge in [0, 0.05) is 6.26 Å². The van der Waals surface area contributed by atoms with Gasteiger partial charge in [-0.15, -0.1) is 0 Å². The Morgan fingerprint density at radius 1 is 1.78 bits per heavy atom. The fourth-order valence-corrected chi connectivity index (χ4v) is 1.77.